The molecule has 0 bridgehead atoms. The average molecular weight is 278 g/mol. The number of nitrogens with zero attached hydrogens (tertiary/aromatic N) is 2. The predicted octanol–water partition coefficient (Wildman–Crippen LogP) is 2.01. The van der Waals surface area contributed by atoms with Crippen molar-refractivity contribution < 1.29 is 0 Å². The van der Waals surface area contributed by atoms with Crippen LogP contribution in [-0.2, 0) is 18.5 Å². The Hall–Kier alpha value is -1.87. The van der Waals surface area contributed by atoms with Crippen LogP contribution >= 0.6 is 0 Å². The molecule has 3 heterocycles. The average Bonchev–Trinajstić information content (AvgIpc) is 2.88. The number of rotatable bonds is 2. The van der Waals surface area contributed by atoms with E-state index in [0.717, 1.165) is 26.2 Å². The number of aromatic nitrogens is 1. The van der Waals surface area contributed by atoms with Crippen molar-refractivity contribution in [3.8, 4) is 0 Å². The van der Waals surface area contributed by atoms with Crippen LogP contribution in [0.2, 0.25) is 0 Å². The lowest BCUT2D eigenvalue weighted by Crippen LogP contribution is -2.32. The van der Waals surface area contributed by atoms with E-state index >= 15 is 0 Å². The first-order chi connectivity index (χ1) is 10.2. The lowest BCUT2D eigenvalue weighted by atomic mass is 9.97. The van der Waals surface area contributed by atoms with Crippen molar-refractivity contribution in [1.29, 1.82) is 0 Å². The molecule has 0 N–H and O–H groups in total. The first-order valence-electron chi connectivity index (χ1n) is 7.69. The van der Waals surface area contributed by atoms with E-state index in [9.17, 15) is 4.79 Å². The minimum atomic E-state index is 0.176. The Labute approximate surface area is 123 Å². The maximum atomic E-state index is 12.0. The van der Waals surface area contributed by atoms with Gasteiger partial charge in [-0.3, -0.25) is 9.69 Å². The fourth-order valence-electron chi connectivity index (χ4n) is 4.89. The Kier molecular flexibility index (Phi) is 2.05. The second-order valence-electron chi connectivity index (χ2n) is 7.01. The molecule has 5 rings (SSSR count). The molecule has 21 heavy (non-hydrogen) atoms. The highest BCUT2D eigenvalue weighted by molar-refractivity contribution is 5.43. The van der Waals surface area contributed by atoms with Gasteiger partial charge in [0.2, 0.25) is 0 Å². The largest absolute Gasteiger partial charge is 0.311 e. The summed E-state index contributed by atoms with van der Waals surface area (Å²) in [6, 6.07) is 16.5. The molecule has 1 saturated carbocycles. The van der Waals surface area contributed by atoms with E-state index in [1.165, 1.54) is 17.7 Å². The zero-order valence-electron chi connectivity index (χ0n) is 12.0. The normalized spacial score (nSPS) is 32.6. The van der Waals surface area contributed by atoms with Crippen molar-refractivity contribution in [2.24, 2.45) is 5.41 Å². The molecule has 2 unspecified atom stereocenters. The predicted molar refractivity (Wildman–Crippen MR) is 81.1 cm³/mol. The molecule has 1 saturated heterocycles. The third-order valence-electron chi connectivity index (χ3n) is 5.80. The van der Waals surface area contributed by atoms with Crippen LogP contribution in [0.1, 0.15) is 17.7 Å². The monoisotopic (exact) mass is 278 g/mol. The van der Waals surface area contributed by atoms with Crippen molar-refractivity contribution in [3.63, 3.8) is 0 Å². The van der Waals surface area contributed by atoms with E-state index in [1.54, 1.807) is 6.07 Å². The lowest BCUT2D eigenvalue weighted by Gasteiger charge is -2.24. The first kappa shape index (κ1) is 11.8. The van der Waals surface area contributed by atoms with Crippen LogP contribution in [0.5, 0.6) is 0 Å². The Morgan fingerprint density at radius 3 is 2.67 bits per heavy atom. The van der Waals surface area contributed by atoms with E-state index in [2.05, 4.69) is 41.3 Å². The molecular formula is C18H18N2O. The van der Waals surface area contributed by atoms with Crippen LogP contribution in [0.3, 0.4) is 0 Å². The Morgan fingerprint density at radius 2 is 1.81 bits per heavy atom. The summed E-state index contributed by atoms with van der Waals surface area (Å²) < 4.78 is 2.02. The van der Waals surface area contributed by atoms with Crippen LogP contribution in [0.4, 0.5) is 0 Å². The van der Waals surface area contributed by atoms with Crippen molar-refractivity contribution >= 4 is 0 Å². The number of pyridine rings is 1. The van der Waals surface area contributed by atoms with Gasteiger partial charge in [-0.2, -0.15) is 0 Å². The Morgan fingerprint density at radius 1 is 0.952 bits per heavy atom. The molecule has 2 atom stereocenters. The fourth-order valence-corrected chi connectivity index (χ4v) is 4.89. The second-order valence-corrected chi connectivity index (χ2v) is 7.01. The summed E-state index contributed by atoms with van der Waals surface area (Å²) in [7, 11) is 0. The highest BCUT2D eigenvalue weighted by atomic mass is 16.1. The summed E-state index contributed by atoms with van der Waals surface area (Å²) in [6.45, 7) is 4.18. The minimum Gasteiger partial charge on any atom is -0.311 e. The summed E-state index contributed by atoms with van der Waals surface area (Å²) in [4.78, 5) is 14.6. The topological polar surface area (TPSA) is 25.2 Å². The quantitative estimate of drug-likeness (QED) is 0.839. The van der Waals surface area contributed by atoms with Gasteiger partial charge < -0.3 is 4.57 Å². The fraction of sp³-hybridized carbons (Fsp3) is 0.389. The van der Waals surface area contributed by atoms with Crippen LogP contribution in [0.15, 0.2) is 53.3 Å². The van der Waals surface area contributed by atoms with Gasteiger partial charge in [0.05, 0.1) is 0 Å². The van der Waals surface area contributed by atoms with Crippen molar-refractivity contribution in [3.05, 3.63) is 70.1 Å². The van der Waals surface area contributed by atoms with Gasteiger partial charge in [-0.05, 0) is 18.1 Å². The molecule has 1 aromatic heterocycles. The van der Waals surface area contributed by atoms with E-state index in [0.29, 0.717) is 5.41 Å². The molecule has 2 fully saturated rings. The summed E-state index contributed by atoms with van der Waals surface area (Å²) in [5.41, 5.74) is 3.45. The van der Waals surface area contributed by atoms with Crippen molar-refractivity contribution in [1.82, 2.24) is 9.47 Å². The lowest BCUT2D eigenvalue weighted by molar-refractivity contribution is 0.252. The van der Waals surface area contributed by atoms with E-state index in [4.69, 9.17) is 0 Å². The Bertz CT molecular complexity index is 781. The van der Waals surface area contributed by atoms with Gasteiger partial charge in [0, 0.05) is 48.8 Å². The maximum absolute atomic E-state index is 12.0. The molecule has 0 amide bonds. The van der Waals surface area contributed by atoms with Crippen molar-refractivity contribution in [2.45, 2.75) is 24.9 Å². The molecule has 2 aromatic rings. The van der Waals surface area contributed by atoms with Gasteiger partial charge in [-0.1, -0.05) is 36.4 Å². The molecule has 1 aromatic carbocycles. The van der Waals surface area contributed by atoms with E-state index in [-0.39, 0.29) is 11.0 Å². The first-order valence-corrected chi connectivity index (χ1v) is 7.69. The Balaban J connectivity index is 1.47. The van der Waals surface area contributed by atoms with Gasteiger partial charge in [-0.25, -0.2) is 0 Å². The van der Waals surface area contributed by atoms with E-state index in [1.807, 2.05) is 10.6 Å². The van der Waals surface area contributed by atoms with Crippen molar-refractivity contribution in [2.75, 3.05) is 13.1 Å². The number of piperidine rings is 1. The van der Waals surface area contributed by atoms with Crippen LogP contribution in [0, 0.1) is 5.41 Å². The highest BCUT2D eigenvalue weighted by Crippen LogP contribution is 2.72. The highest BCUT2D eigenvalue weighted by Gasteiger charge is 2.76. The molecule has 1 aliphatic carbocycles. The van der Waals surface area contributed by atoms with Gasteiger partial charge in [-0.15, -0.1) is 0 Å². The SMILES string of the molecule is O=c1cccc2n1CC13CN(Cc4ccccc4)CC21C3. The number of hydrogen-bond donors (Lipinski definition) is 0. The van der Waals surface area contributed by atoms with Gasteiger partial charge in [0.15, 0.2) is 0 Å². The molecule has 3 nitrogen and oxygen atoms in total. The summed E-state index contributed by atoms with van der Waals surface area (Å²) in [5, 5.41) is 0. The molecule has 0 spiro atoms. The number of fused-ring (bicyclic) bond motifs is 1. The number of hydrogen-bond acceptors (Lipinski definition) is 2. The van der Waals surface area contributed by atoms with Crippen LogP contribution in [-0.4, -0.2) is 22.6 Å². The zero-order chi connectivity index (χ0) is 14.1. The summed E-state index contributed by atoms with van der Waals surface area (Å²) in [5.74, 6) is 0. The minimum absolute atomic E-state index is 0.176. The maximum Gasteiger partial charge on any atom is 0.250 e. The standard InChI is InChI=1S/C18H18N2O/c21-16-8-4-7-15-18-10-17(18,12-20(15)16)11-19(13-18)9-14-5-2-1-3-6-14/h1-8H,9-13H2. The summed E-state index contributed by atoms with van der Waals surface area (Å²) in [6.07, 6.45) is 1.27. The molecule has 0 radical (unpaired) electrons. The van der Waals surface area contributed by atoms with Crippen LogP contribution in [0.25, 0.3) is 0 Å². The van der Waals surface area contributed by atoms with Gasteiger partial charge in [0.25, 0.3) is 5.56 Å². The smallest absolute Gasteiger partial charge is 0.250 e. The molecule has 106 valence electrons. The molecule has 3 aliphatic rings. The van der Waals surface area contributed by atoms with Gasteiger partial charge >= 0.3 is 0 Å². The zero-order valence-corrected chi connectivity index (χ0v) is 12.0. The third-order valence-corrected chi connectivity index (χ3v) is 5.80. The molecule has 3 heteroatoms. The molecule has 2 aliphatic heterocycles. The van der Waals surface area contributed by atoms with E-state index < -0.39 is 0 Å². The second kappa shape index (κ2) is 3.66. The molecular weight excluding hydrogens is 260 g/mol. The third kappa shape index (κ3) is 1.40. The van der Waals surface area contributed by atoms with Crippen LogP contribution < -0.4 is 5.56 Å². The van der Waals surface area contributed by atoms with Gasteiger partial charge in [0.1, 0.15) is 0 Å². The number of benzene rings is 1. The number of likely N-dealkylation sites (tertiary alicyclic amines) is 1. The summed E-state index contributed by atoms with van der Waals surface area (Å²) >= 11 is 0.